The third kappa shape index (κ3) is 3.52. The topological polar surface area (TPSA) is 72.2 Å². The second-order valence-electron chi connectivity index (χ2n) is 5.69. The number of benzene rings is 1. The van der Waals surface area contributed by atoms with Crippen LogP contribution in [-0.4, -0.2) is 25.5 Å². The van der Waals surface area contributed by atoms with Gasteiger partial charge in [0.25, 0.3) is 5.91 Å². The van der Waals surface area contributed by atoms with Gasteiger partial charge in [-0.1, -0.05) is 46.4 Å². The minimum absolute atomic E-state index is 0.0114. The number of halogens is 4. The van der Waals surface area contributed by atoms with Gasteiger partial charge in [-0.15, -0.1) is 10.2 Å². The fourth-order valence-corrected chi connectivity index (χ4v) is 3.46. The normalized spacial score (nSPS) is 11.0. The van der Waals surface area contributed by atoms with Gasteiger partial charge in [-0.05, 0) is 42.5 Å². The summed E-state index contributed by atoms with van der Waals surface area (Å²) < 4.78 is 1.72. The monoisotopic (exact) mass is 451 g/mol. The number of amides is 1. The lowest BCUT2D eigenvalue weighted by Gasteiger charge is -2.09. The van der Waals surface area contributed by atoms with E-state index in [0.717, 1.165) is 0 Å². The van der Waals surface area contributed by atoms with Crippen molar-refractivity contribution in [2.24, 2.45) is 0 Å². The second kappa shape index (κ2) is 7.56. The van der Waals surface area contributed by atoms with Crippen molar-refractivity contribution in [1.29, 1.82) is 0 Å². The molecule has 6 nitrogen and oxygen atoms in total. The summed E-state index contributed by atoms with van der Waals surface area (Å²) in [5.74, 6) is 0.0568. The number of carbonyl (C=O) groups excluding carboxylic acids is 1. The van der Waals surface area contributed by atoms with Crippen molar-refractivity contribution < 1.29 is 4.79 Å². The summed E-state index contributed by atoms with van der Waals surface area (Å²) in [6.07, 6.45) is 1.78. The zero-order valence-corrected chi connectivity index (χ0v) is 16.9. The number of carbonyl (C=O) groups is 1. The molecule has 0 aliphatic carbocycles. The van der Waals surface area contributed by atoms with E-state index >= 15 is 0 Å². The van der Waals surface area contributed by atoms with Crippen LogP contribution in [0, 0.1) is 0 Å². The van der Waals surface area contributed by atoms with Crippen LogP contribution in [0.4, 0.5) is 5.69 Å². The summed E-state index contributed by atoms with van der Waals surface area (Å²) in [7, 11) is 0. The van der Waals surface area contributed by atoms with Gasteiger partial charge in [-0.25, -0.2) is 4.98 Å². The van der Waals surface area contributed by atoms with Crippen LogP contribution in [0.2, 0.25) is 20.4 Å². The lowest BCUT2D eigenvalue weighted by atomic mass is 10.1. The van der Waals surface area contributed by atoms with E-state index in [4.69, 9.17) is 46.4 Å². The average Bonchev–Trinajstić information content (AvgIpc) is 3.08. The molecule has 1 aromatic carbocycles. The van der Waals surface area contributed by atoms with E-state index in [0.29, 0.717) is 32.8 Å². The van der Waals surface area contributed by atoms with Crippen LogP contribution < -0.4 is 5.32 Å². The summed E-state index contributed by atoms with van der Waals surface area (Å²) >= 11 is 24.3. The molecule has 0 fully saturated rings. The third-order valence-corrected chi connectivity index (χ3v) is 5.03. The smallest absolute Gasteiger partial charge is 0.258 e. The van der Waals surface area contributed by atoms with Gasteiger partial charge in [0.15, 0.2) is 11.5 Å². The highest BCUT2D eigenvalue weighted by molar-refractivity contribution is 6.35. The zero-order chi connectivity index (χ0) is 19.8. The molecule has 0 bridgehead atoms. The predicted molar refractivity (Wildman–Crippen MR) is 111 cm³/mol. The van der Waals surface area contributed by atoms with Gasteiger partial charge in [-0.2, -0.15) is 0 Å². The Kier molecular flexibility index (Phi) is 5.12. The lowest BCUT2D eigenvalue weighted by Crippen LogP contribution is -2.13. The van der Waals surface area contributed by atoms with Crippen molar-refractivity contribution in [1.82, 2.24) is 19.6 Å². The van der Waals surface area contributed by atoms with Crippen LogP contribution in [-0.2, 0) is 0 Å². The summed E-state index contributed by atoms with van der Waals surface area (Å²) in [6, 6.07) is 11.5. The molecule has 0 saturated carbocycles. The predicted octanol–water partition coefficient (Wildman–Crippen LogP) is 5.66. The maximum absolute atomic E-state index is 12.5. The van der Waals surface area contributed by atoms with Crippen LogP contribution in [0.25, 0.3) is 17.0 Å². The van der Waals surface area contributed by atoms with Gasteiger partial charge in [0, 0.05) is 17.4 Å². The Morgan fingerprint density at radius 2 is 1.79 bits per heavy atom. The van der Waals surface area contributed by atoms with Crippen molar-refractivity contribution in [3.05, 3.63) is 74.6 Å². The minimum atomic E-state index is -0.434. The van der Waals surface area contributed by atoms with Crippen molar-refractivity contribution in [3.63, 3.8) is 0 Å². The molecule has 140 valence electrons. The van der Waals surface area contributed by atoms with Gasteiger partial charge in [0.05, 0.1) is 15.6 Å². The van der Waals surface area contributed by atoms with Crippen LogP contribution >= 0.6 is 46.4 Å². The molecule has 0 unspecified atom stereocenters. The summed E-state index contributed by atoms with van der Waals surface area (Å²) in [5, 5.41) is 12.1. The molecule has 1 N–H and O–H groups in total. The maximum Gasteiger partial charge on any atom is 0.258 e. The number of nitrogens with zero attached hydrogens (tertiary/aromatic N) is 4. The van der Waals surface area contributed by atoms with Gasteiger partial charge >= 0.3 is 0 Å². The van der Waals surface area contributed by atoms with Crippen molar-refractivity contribution in [2.75, 3.05) is 5.32 Å². The zero-order valence-electron chi connectivity index (χ0n) is 13.8. The Labute approximate surface area is 179 Å². The summed E-state index contributed by atoms with van der Waals surface area (Å²) in [5.41, 5.74) is 1.77. The molecule has 0 atom stereocenters. The molecule has 0 radical (unpaired) electrons. The second-order valence-corrected chi connectivity index (χ2v) is 7.25. The quantitative estimate of drug-likeness (QED) is 0.407. The van der Waals surface area contributed by atoms with Crippen LogP contribution in [0.15, 0.2) is 48.7 Å². The van der Waals surface area contributed by atoms with E-state index in [9.17, 15) is 4.79 Å². The Balaban J connectivity index is 1.71. The number of hydrogen-bond acceptors (Lipinski definition) is 4. The van der Waals surface area contributed by atoms with E-state index in [2.05, 4.69) is 20.5 Å². The first-order valence-corrected chi connectivity index (χ1v) is 9.38. The van der Waals surface area contributed by atoms with E-state index in [1.807, 2.05) is 0 Å². The first-order chi connectivity index (χ1) is 13.4. The highest BCUT2D eigenvalue weighted by atomic mass is 35.5. The molecule has 0 aliphatic rings. The molecular formula is C18H9Cl4N5O. The molecule has 0 aliphatic heterocycles. The number of rotatable bonds is 3. The van der Waals surface area contributed by atoms with Crippen molar-refractivity contribution in [2.45, 2.75) is 0 Å². The molecular weight excluding hydrogens is 444 g/mol. The SMILES string of the molecule is O=C(Nc1ccc(Cl)c(-c2nnc3c(Cl)cccn23)c1)c1ccc(Cl)nc1Cl. The molecule has 3 heterocycles. The fourth-order valence-electron chi connectivity index (χ4n) is 2.62. The molecule has 10 heteroatoms. The maximum atomic E-state index is 12.5. The van der Waals surface area contributed by atoms with Crippen LogP contribution in [0.5, 0.6) is 0 Å². The van der Waals surface area contributed by atoms with E-state index < -0.39 is 5.91 Å². The molecule has 4 aromatic rings. The highest BCUT2D eigenvalue weighted by Gasteiger charge is 2.16. The molecule has 1 amide bonds. The van der Waals surface area contributed by atoms with E-state index in [-0.39, 0.29) is 15.9 Å². The van der Waals surface area contributed by atoms with Gasteiger partial charge in [0.1, 0.15) is 10.3 Å². The van der Waals surface area contributed by atoms with Gasteiger partial charge in [0.2, 0.25) is 0 Å². The number of fused-ring (bicyclic) bond motifs is 1. The molecule has 4 rings (SSSR count). The van der Waals surface area contributed by atoms with Crippen LogP contribution in [0.1, 0.15) is 10.4 Å². The number of aromatic nitrogens is 4. The summed E-state index contributed by atoms with van der Waals surface area (Å²) in [6.45, 7) is 0. The molecule has 0 spiro atoms. The highest BCUT2D eigenvalue weighted by Crippen LogP contribution is 2.31. The molecule has 28 heavy (non-hydrogen) atoms. The Bertz CT molecular complexity index is 1220. The fraction of sp³-hybridized carbons (Fsp3) is 0. The number of anilines is 1. The first-order valence-electron chi connectivity index (χ1n) is 7.86. The summed E-state index contributed by atoms with van der Waals surface area (Å²) in [4.78, 5) is 16.4. The third-order valence-electron chi connectivity index (χ3n) is 3.91. The van der Waals surface area contributed by atoms with Crippen LogP contribution in [0.3, 0.4) is 0 Å². The Hall–Kier alpha value is -2.38. The van der Waals surface area contributed by atoms with E-state index in [1.54, 1.807) is 40.9 Å². The number of pyridine rings is 2. The Morgan fingerprint density at radius 1 is 0.964 bits per heavy atom. The largest absolute Gasteiger partial charge is 0.322 e. The van der Waals surface area contributed by atoms with Crippen molar-refractivity contribution in [3.8, 4) is 11.4 Å². The number of nitrogens with one attached hydrogen (secondary N) is 1. The first kappa shape index (κ1) is 19.0. The minimum Gasteiger partial charge on any atom is -0.322 e. The van der Waals surface area contributed by atoms with Gasteiger partial charge < -0.3 is 5.32 Å². The number of hydrogen-bond donors (Lipinski definition) is 1. The standard InChI is InChI=1S/C18H9Cl4N5O/c19-12-5-3-9(23-18(28)10-4-6-14(21)24-15(10)22)8-11(12)16-25-26-17-13(20)2-1-7-27(16)17/h1-8H,(H,23,28). The average molecular weight is 453 g/mol. The lowest BCUT2D eigenvalue weighted by molar-refractivity contribution is 0.102. The Morgan fingerprint density at radius 3 is 2.57 bits per heavy atom. The molecule has 0 saturated heterocycles. The van der Waals surface area contributed by atoms with Crippen molar-refractivity contribution >= 4 is 63.6 Å². The molecule has 3 aromatic heterocycles. The van der Waals surface area contributed by atoms with E-state index in [1.165, 1.54) is 12.1 Å². The van der Waals surface area contributed by atoms with Gasteiger partial charge in [-0.3, -0.25) is 9.20 Å².